The lowest BCUT2D eigenvalue weighted by Gasteiger charge is -2.34. The van der Waals surface area contributed by atoms with Gasteiger partial charge in [0.2, 0.25) is 12.2 Å². The van der Waals surface area contributed by atoms with Crippen LogP contribution in [-0.4, -0.2) is 45.8 Å². The molecule has 1 aromatic rings. The van der Waals surface area contributed by atoms with Crippen molar-refractivity contribution in [1.82, 2.24) is 0 Å². The van der Waals surface area contributed by atoms with Crippen LogP contribution in [0.4, 0.5) is 0 Å². The zero-order chi connectivity index (χ0) is 21.4. The van der Waals surface area contributed by atoms with Crippen molar-refractivity contribution in [2.75, 3.05) is 0 Å². The van der Waals surface area contributed by atoms with Crippen LogP contribution in [0.3, 0.4) is 0 Å². The molecule has 1 aliphatic rings. The van der Waals surface area contributed by atoms with E-state index in [1.165, 1.54) is 17.4 Å². The third-order valence-electron chi connectivity index (χ3n) is 5.34. The molecule has 8 heteroatoms. The Bertz CT molecular complexity index is 749. The number of thiophene rings is 1. The second kappa shape index (κ2) is 11.0. The van der Waals surface area contributed by atoms with Crippen LogP contribution in [-0.2, 0) is 16.0 Å². The Hall–Kier alpha value is -1.51. The topological polar surface area (TPSA) is 121 Å². The third-order valence-corrected chi connectivity index (χ3v) is 6.64. The average molecular weight is 441 g/mol. The van der Waals surface area contributed by atoms with Gasteiger partial charge in [0.05, 0.1) is 22.6 Å². The van der Waals surface area contributed by atoms with Crippen molar-refractivity contribution in [1.29, 1.82) is 0 Å². The van der Waals surface area contributed by atoms with Gasteiger partial charge in [-0.05, 0) is 50.3 Å². The van der Waals surface area contributed by atoms with E-state index in [0.717, 1.165) is 4.88 Å². The highest BCUT2D eigenvalue weighted by molar-refractivity contribution is 7.16. The molecule has 1 fully saturated rings. The summed E-state index contributed by atoms with van der Waals surface area (Å²) in [5, 5.41) is 31.0. The molecule has 0 aliphatic heterocycles. The van der Waals surface area contributed by atoms with Gasteiger partial charge in [-0.25, -0.2) is 0 Å². The highest BCUT2D eigenvalue weighted by Gasteiger charge is 2.49. The molecule has 1 radical (unpaired) electrons. The van der Waals surface area contributed by atoms with Crippen LogP contribution in [0.5, 0.6) is 0 Å². The molecular formula is C21H27ClNO5S. The molecule has 6 nitrogen and oxygen atoms in total. The first kappa shape index (κ1) is 23.8. The van der Waals surface area contributed by atoms with Gasteiger partial charge in [-0.1, -0.05) is 29.8 Å². The molecule has 1 unspecified atom stereocenters. The van der Waals surface area contributed by atoms with Crippen molar-refractivity contribution in [3.05, 3.63) is 45.7 Å². The van der Waals surface area contributed by atoms with Gasteiger partial charge < -0.3 is 21.1 Å². The summed E-state index contributed by atoms with van der Waals surface area (Å²) in [5.74, 6) is -1.26. The van der Waals surface area contributed by atoms with Gasteiger partial charge in [-0.15, -0.1) is 11.3 Å². The summed E-state index contributed by atoms with van der Waals surface area (Å²) in [4.78, 5) is 23.6. The summed E-state index contributed by atoms with van der Waals surface area (Å²) < 4.78 is 0.696. The molecule has 1 aromatic heterocycles. The number of amides is 1. The standard InChI is InChI=1S/C21H27ClNO5S/c22-19-8-7-17(29-19)6-5-15(25)9-10-21(12-16(26)11-18(21)27)14(13-24)3-1-2-4-20(23)28/h2,4,7-10,14-16,18,25-27H,1,3,5-6,11-12H2,(H2,23,28)/b4-2-,10-9+/t14-,15?,16-,18-,21-/m0/s1. The lowest BCUT2D eigenvalue weighted by atomic mass is 9.70. The van der Waals surface area contributed by atoms with Gasteiger partial charge >= 0.3 is 0 Å². The maximum atomic E-state index is 11.7. The lowest BCUT2D eigenvalue weighted by Crippen LogP contribution is -2.37. The van der Waals surface area contributed by atoms with Gasteiger partial charge in [0.1, 0.15) is 0 Å². The van der Waals surface area contributed by atoms with Gasteiger partial charge in [0.15, 0.2) is 0 Å². The number of rotatable bonds is 11. The monoisotopic (exact) mass is 440 g/mol. The van der Waals surface area contributed by atoms with E-state index in [9.17, 15) is 24.9 Å². The maximum Gasteiger partial charge on any atom is 0.241 e. The number of carbonyl (C=O) groups is 1. The largest absolute Gasteiger partial charge is 0.393 e. The first-order valence-electron chi connectivity index (χ1n) is 9.58. The predicted octanol–water partition coefficient (Wildman–Crippen LogP) is 2.30. The van der Waals surface area contributed by atoms with E-state index in [-0.39, 0.29) is 12.8 Å². The Labute approximate surface area is 179 Å². The number of hydrogen-bond donors (Lipinski definition) is 4. The van der Waals surface area contributed by atoms with Crippen LogP contribution in [0.25, 0.3) is 0 Å². The second-order valence-corrected chi connectivity index (χ2v) is 9.24. The third kappa shape index (κ3) is 6.76. The molecule has 0 saturated heterocycles. The van der Waals surface area contributed by atoms with Crippen LogP contribution in [0, 0.1) is 11.3 Å². The summed E-state index contributed by atoms with van der Waals surface area (Å²) in [5.41, 5.74) is 4.06. The number of halogens is 1. The number of carbonyl (C=O) groups excluding carboxylic acids is 2. The van der Waals surface area contributed by atoms with Crippen molar-refractivity contribution < 1.29 is 24.9 Å². The van der Waals surface area contributed by atoms with E-state index in [1.807, 2.05) is 18.4 Å². The summed E-state index contributed by atoms with van der Waals surface area (Å²) >= 11 is 7.38. The van der Waals surface area contributed by atoms with E-state index in [2.05, 4.69) is 0 Å². The molecule has 29 heavy (non-hydrogen) atoms. The molecule has 0 aromatic carbocycles. The number of aryl methyl sites for hydroxylation is 1. The molecule has 159 valence electrons. The van der Waals surface area contributed by atoms with E-state index < -0.39 is 35.6 Å². The number of hydrogen-bond acceptors (Lipinski definition) is 6. The lowest BCUT2D eigenvalue weighted by molar-refractivity contribution is -0.113. The summed E-state index contributed by atoms with van der Waals surface area (Å²) in [6.07, 6.45) is 7.84. The number of aliphatic hydroxyl groups excluding tert-OH is 3. The van der Waals surface area contributed by atoms with Crippen LogP contribution < -0.4 is 5.73 Å². The summed E-state index contributed by atoms with van der Waals surface area (Å²) in [6.45, 7) is 0. The molecule has 1 heterocycles. The predicted molar refractivity (Wildman–Crippen MR) is 113 cm³/mol. The molecule has 1 amide bonds. The Balaban J connectivity index is 2.08. The number of allylic oxidation sites excluding steroid dienone is 1. The molecule has 0 spiro atoms. The highest BCUT2D eigenvalue weighted by Crippen LogP contribution is 2.47. The molecule has 1 aliphatic carbocycles. The Kier molecular flexibility index (Phi) is 9.04. The van der Waals surface area contributed by atoms with Crippen LogP contribution in [0.15, 0.2) is 36.4 Å². The van der Waals surface area contributed by atoms with Crippen LogP contribution in [0.2, 0.25) is 4.34 Å². The second-order valence-electron chi connectivity index (χ2n) is 7.45. The molecular weight excluding hydrogens is 414 g/mol. The van der Waals surface area contributed by atoms with Crippen LogP contribution >= 0.6 is 22.9 Å². The first-order valence-corrected chi connectivity index (χ1v) is 10.8. The molecule has 1 saturated carbocycles. The van der Waals surface area contributed by atoms with Gasteiger partial charge in [-0.3, -0.25) is 9.59 Å². The molecule has 2 rings (SSSR count). The van der Waals surface area contributed by atoms with Crippen molar-refractivity contribution in [2.24, 2.45) is 17.1 Å². The Morgan fingerprint density at radius 2 is 2.17 bits per heavy atom. The fourth-order valence-electron chi connectivity index (χ4n) is 3.84. The van der Waals surface area contributed by atoms with E-state index >= 15 is 0 Å². The quantitative estimate of drug-likeness (QED) is 0.311. The number of primary amides is 1. The molecule has 0 bridgehead atoms. The summed E-state index contributed by atoms with van der Waals surface area (Å²) in [6, 6.07) is 3.73. The molecule has 5 atom stereocenters. The SMILES string of the molecule is NC(=O)/C=C\CC[C@@H]([C]=O)[C@]1(/C=C/C(O)CCc2ccc(Cl)s2)C[C@@H](O)C[C@@H]1O. The fourth-order valence-corrected chi connectivity index (χ4v) is 4.94. The Morgan fingerprint density at radius 3 is 2.72 bits per heavy atom. The maximum absolute atomic E-state index is 11.7. The highest BCUT2D eigenvalue weighted by atomic mass is 35.5. The van der Waals surface area contributed by atoms with Crippen molar-refractivity contribution in [3.63, 3.8) is 0 Å². The van der Waals surface area contributed by atoms with E-state index in [0.29, 0.717) is 30.0 Å². The van der Waals surface area contributed by atoms with Crippen molar-refractivity contribution in [2.45, 2.75) is 56.8 Å². The van der Waals surface area contributed by atoms with Gasteiger partial charge in [0.25, 0.3) is 0 Å². The van der Waals surface area contributed by atoms with Crippen LogP contribution in [0.1, 0.15) is 37.0 Å². The minimum absolute atomic E-state index is 0.156. The van der Waals surface area contributed by atoms with Gasteiger partial charge in [0, 0.05) is 22.6 Å². The van der Waals surface area contributed by atoms with Crippen molar-refractivity contribution in [3.8, 4) is 0 Å². The number of nitrogens with two attached hydrogens (primary N) is 1. The van der Waals surface area contributed by atoms with E-state index in [1.54, 1.807) is 18.2 Å². The zero-order valence-corrected chi connectivity index (χ0v) is 17.6. The van der Waals surface area contributed by atoms with Crippen molar-refractivity contribution >= 4 is 35.1 Å². The van der Waals surface area contributed by atoms with Gasteiger partial charge in [-0.2, -0.15) is 0 Å². The first-order chi connectivity index (χ1) is 13.8. The van der Waals surface area contributed by atoms with E-state index in [4.69, 9.17) is 17.3 Å². The minimum atomic E-state index is -1.01. The normalized spacial score (nSPS) is 26.9. The summed E-state index contributed by atoms with van der Waals surface area (Å²) in [7, 11) is 0. The number of aliphatic hydroxyl groups is 3. The molecule has 5 N–H and O–H groups in total. The smallest absolute Gasteiger partial charge is 0.241 e. The average Bonchev–Trinajstić information content (AvgIpc) is 3.20. The zero-order valence-electron chi connectivity index (χ0n) is 16.0. The fraction of sp³-hybridized carbons (Fsp3) is 0.524. The minimum Gasteiger partial charge on any atom is -0.393 e. The Morgan fingerprint density at radius 1 is 1.41 bits per heavy atom.